The number of nitrogens with one attached hydrogen (secondary N) is 3. The number of amides is 3. The lowest BCUT2D eigenvalue weighted by molar-refractivity contribution is -0.142. The molecule has 0 saturated carbocycles. The number of ether oxygens (including phenoxy) is 1. The van der Waals surface area contributed by atoms with Gasteiger partial charge in [-0.25, -0.2) is 10.4 Å². The van der Waals surface area contributed by atoms with Gasteiger partial charge >= 0.3 is 41.8 Å². The number of hydrogen-bond donors (Lipinski definition) is 17. The van der Waals surface area contributed by atoms with Crippen LogP contribution in [0.1, 0.15) is 126 Å². The SMILES string of the molecule is CC(=O)CC(=O)c1ccc(CC(N)C(=O)O)cc1.CC(=O)CNC(=O)c1ccc(CC(N)C(=O)O)cc1.CC(=O)CNc1ccc(CC(N)C(=O)O)cc1.CC(=O)COc1ccc(CC(CN)C(=O)O)cc1.CC(=O)CSc1ccc(CC(N)C(=O)O)cc1.CC(=O)N/N=C/c1ccc(CC(N)C(=O)O)cc1.CC(=O)N=Cc1ccc(CC(N)C(=O)O)cc1. The van der Waals surface area contributed by atoms with Crippen LogP contribution in [-0.4, -0.2) is 211 Å². The Bertz CT molecular complexity index is 4650. The minimum Gasteiger partial charge on any atom is -0.486 e. The fraction of sp³-hybridized carbons (Fsp3) is 0.310. The molecule has 24 N–H and O–H groups in total. The Morgan fingerprint density at radius 3 is 1.05 bits per heavy atom. The summed E-state index contributed by atoms with van der Waals surface area (Å²) in [5.74, 6) is -7.86. The van der Waals surface area contributed by atoms with Crippen molar-refractivity contribution < 1.29 is 117 Å². The van der Waals surface area contributed by atoms with E-state index >= 15 is 0 Å². The number of aliphatic carboxylic acids is 7. The zero-order valence-corrected chi connectivity index (χ0v) is 70.3. The van der Waals surface area contributed by atoms with Gasteiger partial charge in [0.05, 0.1) is 37.4 Å². The van der Waals surface area contributed by atoms with Gasteiger partial charge in [0, 0.05) is 48.3 Å². The molecule has 0 heterocycles. The molecule has 7 atom stereocenters. The Morgan fingerprint density at radius 1 is 0.387 bits per heavy atom. The number of nitrogens with two attached hydrogens (primary N) is 7. The summed E-state index contributed by atoms with van der Waals surface area (Å²) in [5, 5.41) is 70.1. The molecule has 7 unspecified atom stereocenters. The van der Waals surface area contributed by atoms with Gasteiger partial charge in [-0.3, -0.25) is 76.7 Å². The minimum absolute atomic E-state index is 0.00945. The normalized spacial score (nSPS) is 12.0. The lowest BCUT2D eigenvalue weighted by Crippen LogP contribution is -2.32. The maximum absolute atomic E-state index is 11.6. The van der Waals surface area contributed by atoms with Crippen molar-refractivity contribution in [1.82, 2.24) is 10.7 Å². The number of Topliss-reactive ketones (excluding diaryl/α,β-unsaturated/α-hetero) is 6. The van der Waals surface area contributed by atoms with E-state index in [9.17, 15) is 76.7 Å². The van der Waals surface area contributed by atoms with Crippen LogP contribution in [0.25, 0.3) is 0 Å². The van der Waals surface area contributed by atoms with Crippen LogP contribution in [0.4, 0.5) is 5.69 Å². The number of ketones is 6. The molecule has 7 aromatic carbocycles. The van der Waals surface area contributed by atoms with E-state index in [-0.39, 0.29) is 111 Å². The van der Waals surface area contributed by atoms with Crippen LogP contribution >= 0.6 is 11.8 Å². The smallest absolute Gasteiger partial charge is 0.320 e. The molecule has 0 aliphatic carbocycles. The lowest BCUT2D eigenvalue weighted by Gasteiger charge is -2.10. The topological polar surface area (TPSA) is 667 Å². The van der Waals surface area contributed by atoms with Gasteiger partial charge in [-0.1, -0.05) is 121 Å². The summed E-state index contributed by atoms with van der Waals surface area (Å²) in [4.78, 5) is 177. The average Bonchev–Trinajstić information content (AvgIpc) is 0.911. The van der Waals surface area contributed by atoms with Gasteiger partial charge < -0.3 is 91.3 Å². The van der Waals surface area contributed by atoms with E-state index in [0.717, 1.165) is 60.7 Å². The van der Waals surface area contributed by atoms with Crippen LogP contribution in [0.15, 0.2) is 185 Å². The van der Waals surface area contributed by atoms with Gasteiger partial charge in [0.15, 0.2) is 11.6 Å². The molecule has 7 aromatic rings. The van der Waals surface area contributed by atoms with E-state index in [4.69, 9.17) is 80.6 Å². The summed E-state index contributed by atoms with van der Waals surface area (Å²) in [6.07, 6.45) is 4.80. The van der Waals surface area contributed by atoms with Crippen molar-refractivity contribution in [2.24, 2.45) is 56.1 Å². The molecule has 3 amide bonds. The standard InChI is InChI=1S/C13H16N2O4.C13H17NO4.C13H15NO4.C12H15N3O3.C12H14N2O3.C12H16N2O3.C12H15NO3S/c1-8(16)7-15-12(17)10-4-2-9(3-5-10)6-11(14)13(18)19;1-9(15)8-18-12-4-2-10(3-5-12)6-11(7-14)13(16)17;1-8(15)6-12(16)10-4-2-9(3-5-10)7-11(14)13(17)18;1-8(16)15-14-7-10-4-2-9(3-5-10)6-11(13)12(17)18;1-8(15)14-7-10-4-2-9(3-5-10)6-11(13)12(16)17;1-8(15)7-14-10-4-2-9(3-5-10)6-11(13)12(16)17;1-8(14)7-17-10-4-2-9(3-5-10)6-11(13)12(15)16/h2-5,11H,6-7,14H2,1H3,(H,15,17)(H,18,19);2-5,11H,6-8,14H2,1H3,(H,16,17);2-5,11H,6-7,14H2,1H3,(H,17,18);2-5,7,11H,6,13H2,1H3,(H,15,16)(H,17,18);2-5,7,11H,6,13H2,1H3,(H,16,17);2-5,11,14H,6-7,13H2,1H3,(H,16,17);2-5,11H,6-7,13H2,1H3,(H,15,16)/b;;;14-7+;;;. The molecule has 7 rings (SSSR count). The third kappa shape index (κ3) is 50.5. The van der Waals surface area contributed by atoms with E-state index < -0.39 is 84.0 Å². The van der Waals surface area contributed by atoms with Gasteiger partial charge in [0.25, 0.3) is 5.91 Å². The van der Waals surface area contributed by atoms with Gasteiger partial charge in [-0.05, 0) is 178 Å². The van der Waals surface area contributed by atoms with Crippen molar-refractivity contribution in [3.05, 3.63) is 231 Å². The molecule has 0 fully saturated rings. The predicted octanol–water partition coefficient (Wildman–Crippen LogP) is 4.30. The Hall–Kier alpha value is -13.5. The van der Waals surface area contributed by atoms with Crippen molar-refractivity contribution in [2.75, 3.05) is 37.3 Å². The first-order valence-corrected chi connectivity index (χ1v) is 38.8. The van der Waals surface area contributed by atoms with E-state index in [1.165, 1.54) is 65.7 Å². The molecule has 0 aliphatic heterocycles. The molecule has 0 spiro atoms. The number of hydrogen-bond acceptors (Lipinski definition) is 27. The molecular weight excluding hydrogens is 1630 g/mol. The van der Waals surface area contributed by atoms with Crippen LogP contribution in [0.3, 0.4) is 0 Å². The van der Waals surface area contributed by atoms with Crippen molar-refractivity contribution in [3.8, 4) is 5.75 Å². The summed E-state index contributed by atoms with van der Waals surface area (Å²) in [5.41, 5.74) is 49.2. The number of carbonyl (C=O) groups excluding carboxylic acids is 9. The highest BCUT2D eigenvalue weighted by Crippen LogP contribution is 2.20. The molecular formula is C87H108N12O24S. The Morgan fingerprint density at radius 2 is 0.726 bits per heavy atom. The Balaban J connectivity index is 0.000000724. The molecule has 0 aromatic heterocycles. The number of carboxylic acids is 7. The predicted molar refractivity (Wildman–Crippen MR) is 464 cm³/mol. The molecule has 0 radical (unpaired) electrons. The van der Waals surface area contributed by atoms with Crippen LogP contribution in [0, 0.1) is 5.92 Å². The minimum atomic E-state index is -1.07. The average molecular weight is 1740 g/mol. The molecule has 37 heteroatoms. The third-order valence-corrected chi connectivity index (χ3v) is 17.3. The highest BCUT2D eigenvalue weighted by Gasteiger charge is 2.20. The second-order valence-corrected chi connectivity index (χ2v) is 28.7. The fourth-order valence-electron chi connectivity index (χ4n) is 9.50. The van der Waals surface area contributed by atoms with Crippen LogP contribution in [0.5, 0.6) is 5.75 Å². The number of carbonyl (C=O) groups is 16. The zero-order chi connectivity index (χ0) is 93.7. The molecule has 666 valence electrons. The lowest BCUT2D eigenvalue weighted by atomic mass is 10.00. The number of nitrogens with zero attached hydrogens (tertiary/aromatic N) is 2. The van der Waals surface area contributed by atoms with Crippen molar-refractivity contribution >= 4 is 124 Å². The number of aliphatic imine (C=N–C) groups is 1. The van der Waals surface area contributed by atoms with E-state index in [1.807, 2.05) is 24.3 Å². The van der Waals surface area contributed by atoms with E-state index in [0.29, 0.717) is 41.9 Å². The van der Waals surface area contributed by atoms with E-state index in [2.05, 4.69) is 26.2 Å². The molecule has 0 aliphatic rings. The van der Waals surface area contributed by atoms with Gasteiger partial charge in [-0.2, -0.15) is 5.10 Å². The summed E-state index contributed by atoms with van der Waals surface area (Å²) >= 11 is 1.47. The first-order valence-electron chi connectivity index (χ1n) is 37.9. The maximum Gasteiger partial charge on any atom is 0.320 e. The molecule has 36 nitrogen and oxygen atoms in total. The summed E-state index contributed by atoms with van der Waals surface area (Å²) in [6.45, 7) is 10.4. The molecule has 124 heavy (non-hydrogen) atoms. The highest BCUT2D eigenvalue weighted by molar-refractivity contribution is 8.00. The van der Waals surface area contributed by atoms with Crippen LogP contribution in [0.2, 0.25) is 0 Å². The van der Waals surface area contributed by atoms with Crippen LogP contribution < -0.4 is 60.9 Å². The number of anilines is 1. The van der Waals surface area contributed by atoms with Crippen LogP contribution in [-0.2, 0) is 112 Å². The Kier molecular flexibility index (Phi) is 51.8. The number of thioether (sulfide) groups is 1. The second-order valence-electron chi connectivity index (χ2n) is 27.7. The zero-order valence-electron chi connectivity index (χ0n) is 69.5. The van der Waals surface area contributed by atoms with E-state index in [1.54, 1.807) is 153 Å². The summed E-state index contributed by atoms with van der Waals surface area (Å²) in [6, 6.07) is 43.2. The maximum atomic E-state index is 11.6. The van der Waals surface area contributed by atoms with Crippen molar-refractivity contribution in [1.29, 1.82) is 0 Å². The van der Waals surface area contributed by atoms with Crippen molar-refractivity contribution in [2.45, 2.75) is 141 Å². The monoisotopic (exact) mass is 1740 g/mol. The third-order valence-electron chi connectivity index (χ3n) is 16.2. The first kappa shape index (κ1) is 108. The number of benzene rings is 7. The number of rotatable bonds is 40. The summed E-state index contributed by atoms with van der Waals surface area (Å²) < 4.78 is 5.21. The largest absolute Gasteiger partial charge is 0.486 e. The second kappa shape index (κ2) is 59.2. The van der Waals surface area contributed by atoms with Crippen molar-refractivity contribution in [3.63, 3.8) is 0 Å². The molecule has 0 bridgehead atoms. The highest BCUT2D eigenvalue weighted by atomic mass is 32.2. The quantitative estimate of drug-likeness (QED) is 0.00837. The van der Waals surface area contributed by atoms with Gasteiger partial charge in [-0.15, -0.1) is 11.8 Å². The van der Waals surface area contributed by atoms with Gasteiger partial charge in [0.2, 0.25) is 11.8 Å². The van der Waals surface area contributed by atoms with Gasteiger partial charge in [0.1, 0.15) is 71.7 Å². The number of hydrazone groups is 1. The summed E-state index contributed by atoms with van der Waals surface area (Å²) in [7, 11) is 0. The fourth-order valence-corrected chi connectivity index (χ4v) is 10.2. The number of carboxylic acid groups (broad SMARTS) is 7. The molecule has 0 saturated heterocycles. The Labute approximate surface area is 719 Å². The first-order chi connectivity index (χ1) is 58.3.